The highest BCUT2D eigenvalue weighted by molar-refractivity contribution is 6.06. The lowest BCUT2D eigenvalue weighted by Crippen LogP contribution is -2.59. The predicted molar refractivity (Wildman–Crippen MR) is 92.9 cm³/mol. The van der Waals surface area contributed by atoms with Crippen LogP contribution in [0.3, 0.4) is 0 Å². The Morgan fingerprint density at radius 1 is 1.04 bits per heavy atom. The highest BCUT2D eigenvalue weighted by Crippen LogP contribution is 2.36. The Labute approximate surface area is 142 Å². The number of rotatable bonds is 2. The number of anilines is 2. The van der Waals surface area contributed by atoms with Crippen molar-refractivity contribution in [2.75, 3.05) is 43.4 Å². The largest absolute Gasteiger partial charge is 0.369 e. The molecule has 2 fully saturated rings. The Kier molecular flexibility index (Phi) is 3.92. The topological polar surface area (TPSA) is 64.7 Å². The second-order valence-electron chi connectivity index (χ2n) is 7.07. The highest BCUT2D eigenvalue weighted by atomic mass is 16.2. The van der Waals surface area contributed by atoms with Crippen molar-refractivity contribution in [1.82, 2.24) is 9.80 Å². The standard InChI is InChI=1S/C18H24N4O2/c23-16(13-21-9-3-4-10-21)22-11-7-18(8-12-22)17(24)19-14-5-1-2-6-15(14)20-18/h1-2,5-6,20H,3-4,7-13H2,(H,19,24). The number of nitrogens with zero attached hydrogens (tertiary/aromatic N) is 2. The van der Waals surface area contributed by atoms with E-state index in [1.54, 1.807) is 0 Å². The van der Waals surface area contributed by atoms with Crippen LogP contribution in [0.1, 0.15) is 25.7 Å². The van der Waals surface area contributed by atoms with Gasteiger partial charge < -0.3 is 15.5 Å². The summed E-state index contributed by atoms with van der Waals surface area (Å²) in [5.41, 5.74) is 1.22. The molecule has 0 aromatic heterocycles. The van der Waals surface area contributed by atoms with Gasteiger partial charge in [-0.15, -0.1) is 0 Å². The van der Waals surface area contributed by atoms with Gasteiger partial charge in [0.25, 0.3) is 0 Å². The lowest BCUT2D eigenvalue weighted by Gasteiger charge is -2.44. The molecule has 0 atom stereocenters. The number of hydrogen-bond acceptors (Lipinski definition) is 4. The van der Waals surface area contributed by atoms with E-state index in [1.165, 1.54) is 12.8 Å². The van der Waals surface area contributed by atoms with Crippen molar-refractivity contribution in [3.05, 3.63) is 24.3 Å². The maximum absolute atomic E-state index is 12.6. The summed E-state index contributed by atoms with van der Waals surface area (Å²) in [4.78, 5) is 29.2. The van der Waals surface area contributed by atoms with Gasteiger partial charge in [0.1, 0.15) is 5.54 Å². The second kappa shape index (κ2) is 6.09. The van der Waals surface area contributed by atoms with Crippen molar-refractivity contribution in [2.24, 2.45) is 0 Å². The normalized spacial score (nSPS) is 22.8. The highest BCUT2D eigenvalue weighted by Gasteiger charge is 2.45. The van der Waals surface area contributed by atoms with Gasteiger partial charge in [-0.3, -0.25) is 14.5 Å². The Hall–Kier alpha value is -2.08. The minimum absolute atomic E-state index is 0.0211. The summed E-state index contributed by atoms with van der Waals surface area (Å²) >= 11 is 0. The summed E-state index contributed by atoms with van der Waals surface area (Å²) < 4.78 is 0. The van der Waals surface area contributed by atoms with Gasteiger partial charge in [-0.2, -0.15) is 0 Å². The lowest BCUT2D eigenvalue weighted by molar-refractivity contribution is -0.135. The monoisotopic (exact) mass is 328 g/mol. The number of para-hydroxylation sites is 2. The van der Waals surface area contributed by atoms with Gasteiger partial charge in [0.2, 0.25) is 11.8 Å². The van der Waals surface area contributed by atoms with Gasteiger partial charge in [0.15, 0.2) is 0 Å². The molecule has 128 valence electrons. The van der Waals surface area contributed by atoms with Gasteiger partial charge in [-0.05, 0) is 50.9 Å². The number of fused-ring (bicyclic) bond motifs is 1. The molecule has 3 aliphatic rings. The number of hydrogen-bond donors (Lipinski definition) is 2. The maximum Gasteiger partial charge on any atom is 0.250 e. The first-order chi connectivity index (χ1) is 11.7. The minimum atomic E-state index is -0.585. The molecule has 0 aliphatic carbocycles. The molecule has 0 radical (unpaired) electrons. The summed E-state index contributed by atoms with van der Waals surface area (Å²) in [7, 11) is 0. The lowest BCUT2D eigenvalue weighted by atomic mass is 9.84. The quantitative estimate of drug-likeness (QED) is 0.864. The molecular weight excluding hydrogens is 304 g/mol. The van der Waals surface area contributed by atoms with Crippen molar-refractivity contribution in [2.45, 2.75) is 31.2 Å². The number of piperidine rings is 1. The van der Waals surface area contributed by atoms with E-state index in [1.807, 2.05) is 29.2 Å². The molecule has 2 amide bonds. The summed E-state index contributed by atoms with van der Waals surface area (Å²) in [6.07, 6.45) is 3.69. The smallest absolute Gasteiger partial charge is 0.250 e. The van der Waals surface area contributed by atoms with E-state index >= 15 is 0 Å². The number of benzene rings is 1. The number of likely N-dealkylation sites (tertiary alicyclic amines) is 2. The van der Waals surface area contributed by atoms with Gasteiger partial charge in [-0.25, -0.2) is 0 Å². The Morgan fingerprint density at radius 3 is 2.42 bits per heavy atom. The molecule has 0 unspecified atom stereocenters. The number of carbonyl (C=O) groups is 2. The molecule has 3 heterocycles. The third kappa shape index (κ3) is 2.75. The molecule has 1 spiro atoms. The summed E-state index contributed by atoms with van der Waals surface area (Å²) in [5, 5.41) is 6.44. The molecular formula is C18H24N4O2. The molecule has 4 rings (SSSR count). The van der Waals surface area contributed by atoms with Gasteiger partial charge >= 0.3 is 0 Å². The van der Waals surface area contributed by atoms with Crippen molar-refractivity contribution in [3.63, 3.8) is 0 Å². The zero-order valence-corrected chi connectivity index (χ0v) is 13.9. The molecule has 0 saturated carbocycles. The molecule has 6 nitrogen and oxygen atoms in total. The van der Waals surface area contributed by atoms with Crippen LogP contribution in [0.4, 0.5) is 11.4 Å². The summed E-state index contributed by atoms with van der Waals surface area (Å²) in [5.74, 6) is 0.219. The first kappa shape index (κ1) is 15.4. The number of carbonyl (C=O) groups excluding carboxylic acids is 2. The number of amides is 2. The SMILES string of the molecule is O=C(CN1CCCC1)N1CCC2(CC1)Nc1ccccc1NC2=O. The third-order valence-corrected chi connectivity index (χ3v) is 5.51. The Balaban J connectivity index is 1.40. The third-order valence-electron chi connectivity index (χ3n) is 5.51. The Bertz CT molecular complexity index is 646. The van der Waals surface area contributed by atoms with Crippen LogP contribution in [-0.4, -0.2) is 59.9 Å². The zero-order valence-electron chi connectivity index (χ0n) is 13.9. The predicted octanol–water partition coefficient (Wildman–Crippen LogP) is 1.51. The summed E-state index contributed by atoms with van der Waals surface area (Å²) in [6, 6.07) is 7.77. The first-order valence-electron chi connectivity index (χ1n) is 8.85. The van der Waals surface area contributed by atoms with E-state index in [2.05, 4.69) is 15.5 Å². The maximum atomic E-state index is 12.6. The molecule has 2 N–H and O–H groups in total. The summed E-state index contributed by atoms with van der Waals surface area (Å²) in [6.45, 7) is 3.86. The van der Waals surface area contributed by atoms with Crippen LogP contribution in [0.5, 0.6) is 0 Å². The van der Waals surface area contributed by atoms with Gasteiger partial charge in [0.05, 0.1) is 17.9 Å². The fraction of sp³-hybridized carbons (Fsp3) is 0.556. The molecule has 6 heteroatoms. The molecule has 2 saturated heterocycles. The van der Waals surface area contributed by atoms with Crippen LogP contribution in [0.15, 0.2) is 24.3 Å². The van der Waals surface area contributed by atoms with E-state index in [0.717, 1.165) is 24.5 Å². The average Bonchev–Trinajstić information content (AvgIpc) is 3.09. The fourth-order valence-electron chi connectivity index (χ4n) is 3.98. The molecule has 1 aromatic rings. The van der Waals surface area contributed by atoms with Crippen LogP contribution in [-0.2, 0) is 9.59 Å². The van der Waals surface area contributed by atoms with Crippen molar-refractivity contribution in [1.29, 1.82) is 0 Å². The van der Waals surface area contributed by atoms with E-state index < -0.39 is 5.54 Å². The number of nitrogens with one attached hydrogen (secondary N) is 2. The van der Waals surface area contributed by atoms with Crippen LogP contribution in [0.25, 0.3) is 0 Å². The van der Waals surface area contributed by atoms with Crippen LogP contribution in [0.2, 0.25) is 0 Å². The van der Waals surface area contributed by atoms with Crippen LogP contribution >= 0.6 is 0 Å². The van der Waals surface area contributed by atoms with Crippen LogP contribution < -0.4 is 10.6 Å². The van der Waals surface area contributed by atoms with Gasteiger partial charge in [-0.1, -0.05) is 12.1 Å². The van der Waals surface area contributed by atoms with E-state index in [4.69, 9.17) is 0 Å². The van der Waals surface area contributed by atoms with Crippen LogP contribution in [0, 0.1) is 0 Å². The zero-order chi connectivity index (χ0) is 16.6. The van der Waals surface area contributed by atoms with Crippen molar-refractivity contribution in [3.8, 4) is 0 Å². The van der Waals surface area contributed by atoms with Crippen molar-refractivity contribution < 1.29 is 9.59 Å². The Morgan fingerprint density at radius 2 is 1.71 bits per heavy atom. The first-order valence-corrected chi connectivity index (χ1v) is 8.85. The van der Waals surface area contributed by atoms with E-state index in [0.29, 0.717) is 32.5 Å². The molecule has 1 aromatic carbocycles. The second-order valence-corrected chi connectivity index (χ2v) is 7.07. The molecule has 0 bridgehead atoms. The van der Waals surface area contributed by atoms with Crippen molar-refractivity contribution >= 4 is 23.2 Å². The van der Waals surface area contributed by atoms with E-state index in [9.17, 15) is 9.59 Å². The minimum Gasteiger partial charge on any atom is -0.369 e. The fourth-order valence-corrected chi connectivity index (χ4v) is 3.98. The molecule has 3 aliphatic heterocycles. The van der Waals surface area contributed by atoms with E-state index in [-0.39, 0.29) is 11.8 Å². The molecule has 24 heavy (non-hydrogen) atoms. The van der Waals surface area contributed by atoms with Gasteiger partial charge in [0, 0.05) is 13.1 Å². The average molecular weight is 328 g/mol.